The van der Waals surface area contributed by atoms with E-state index in [0.29, 0.717) is 12.1 Å². The molecule has 1 aliphatic carbocycles. The average Bonchev–Trinajstić information content (AvgIpc) is 3.04. The summed E-state index contributed by atoms with van der Waals surface area (Å²) in [7, 11) is 0. The Morgan fingerprint density at radius 2 is 2.23 bits per heavy atom. The lowest BCUT2D eigenvalue weighted by atomic mass is 9.93. The van der Waals surface area contributed by atoms with Gasteiger partial charge >= 0.3 is 6.09 Å². The second-order valence-corrected chi connectivity index (χ2v) is 7.39. The molecule has 0 aromatic carbocycles. The number of likely N-dealkylation sites (tertiary alicyclic amines) is 1. The maximum absolute atomic E-state index is 12.1. The summed E-state index contributed by atoms with van der Waals surface area (Å²) in [6.07, 6.45) is 5.94. The first-order chi connectivity index (χ1) is 10.4. The molecular weight excluding hydrogens is 280 g/mol. The standard InChI is InChI=1S/C16H26N4O2/c1-16(2,3)22-15(21)20-7-6-13(10-20)18-12-5-4-11-9-17-19-14(11)8-12/h9,12-13,18H,4-8,10H2,1-3H3,(H,17,19)/t12?,13-/m0/s1. The number of rotatable bonds is 2. The highest BCUT2D eigenvalue weighted by Gasteiger charge is 2.31. The van der Waals surface area contributed by atoms with E-state index < -0.39 is 5.60 Å². The Balaban J connectivity index is 1.48. The summed E-state index contributed by atoms with van der Waals surface area (Å²) in [5.41, 5.74) is 2.17. The third-order valence-corrected chi connectivity index (χ3v) is 4.33. The monoisotopic (exact) mass is 306 g/mol. The molecule has 22 heavy (non-hydrogen) atoms. The molecule has 6 nitrogen and oxygen atoms in total. The number of aromatic amines is 1. The van der Waals surface area contributed by atoms with Crippen LogP contribution in [-0.2, 0) is 17.6 Å². The lowest BCUT2D eigenvalue weighted by Crippen LogP contribution is -2.44. The summed E-state index contributed by atoms with van der Waals surface area (Å²) in [6, 6.07) is 0.832. The summed E-state index contributed by atoms with van der Waals surface area (Å²) in [4.78, 5) is 13.9. The number of amides is 1. The molecule has 2 aliphatic rings. The van der Waals surface area contributed by atoms with Gasteiger partial charge in [-0.25, -0.2) is 4.79 Å². The van der Waals surface area contributed by atoms with Crippen molar-refractivity contribution in [2.45, 2.75) is 64.1 Å². The van der Waals surface area contributed by atoms with E-state index in [1.54, 1.807) is 0 Å². The van der Waals surface area contributed by atoms with Crippen molar-refractivity contribution in [3.63, 3.8) is 0 Å². The molecule has 0 bridgehead atoms. The number of aryl methyl sites for hydroxylation is 1. The third-order valence-electron chi connectivity index (χ3n) is 4.33. The van der Waals surface area contributed by atoms with Gasteiger partial charge in [-0.3, -0.25) is 5.10 Å². The number of H-pyrrole nitrogens is 1. The van der Waals surface area contributed by atoms with E-state index in [9.17, 15) is 4.79 Å². The lowest BCUT2D eigenvalue weighted by molar-refractivity contribution is 0.0290. The maximum atomic E-state index is 12.1. The van der Waals surface area contributed by atoms with E-state index >= 15 is 0 Å². The SMILES string of the molecule is CC(C)(C)OC(=O)N1CC[C@H](NC2CCc3cn[nH]c3C2)C1. The van der Waals surface area contributed by atoms with E-state index in [1.807, 2.05) is 31.9 Å². The number of nitrogens with zero attached hydrogens (tertiary/aromatic N) is 2. The minimum atomic E-state index is -0.428. The second-order valence-electron chi connectivity index (χ2n) is 7.39. The van der Waals surface area contributed by atoms with Gasteiger partial charge < -0.3 is 15.0 Å². The van der Waals surface area contributed by atoms with Crippen molar-refractivity contribution in [1.29, 1.82) is 0 Å². The van der Waals surface area contributed by atoms with Gasteiger partial charge in [0.25, 0.3) is 0 Å². The molecule has 0 saturated carbocycles. The predicted octanol–water partition coefficient (Wildman–Crippen LogP) is 1.87. The van der Waals surface area contributed by atoms with Gasteiger partial charge in [-0.2, -0.15) is 5.10 Å². The molecule has 0 radical (unpaired) electrons. The van der Waals surface area contributed by atoms with Crippen molar-refractivity contribution >= 4 is 6.09 Å². The van der Waals surface area contributed by atoms with Crippen molar-refractivity contribution in [3.8, 4) is 0 Å². The minimum absolute atomic E-state index is 0.198. The summed E-state index contributed by atoms with van der Waals surface area (Å²) < 4.78 is 5.44. The Morgan fingerprint density at radius 1 is 1.41 bits per heavy atom. The van der Waals surface area contributed by atoms with Crippen molar-refractivity contribution in [2.75, 3.05) is 13.1 Å². The van der Waals surface area contributed by atoms with Crippen LogP contribution in [0.3, 0.4) is 0 Å². The first-order valence-corrected chi connectivity index (χ1v) is 8.16. The first kappa shape index (κ1) is 15.3. The van der Waals surface area contributed by atoms with Gasteiger partial charge in [0.05, 0.1) is 6.20 Å². The molecule has 2 heterocycles. The van der Waals surface area contributed by atoms with E-state index in [0.717, 1.165) is 38.8 Å². The lowest BCUT2D eigenvalue weighted by Gasteiger charge is -2.27. The molecule has 0 spiro atoms. The molecule has 122 valence electrons. The fourth-order valence-electron chi connectivity index (χ4n) is 3.27. The second kappa shape index (κ2) is 5.91. The van der Waals surface area contributed by atoms with Crippen LogP contribution in [0, 0.1) is 0 Å². The molecular formula is C16H26N4O2. The van der Waals surface area contributed by atoms with Crippen molar-refractivity contribution in [3.05, 3.63) is 17.5 Å². The Bertz CT molecular complexity index is 534. The van der Waals surface area contributed by atoms with E-state index in [2.05, 4.69) is 15.5 Å². The van der Waals surface area contributed by atoms with Crippen LogP contribution in [0.1, 0.15) is 44.9 Å². The Hall–Kier alpha value is -1.56. The number of carbonyl (C=O) groups is 1. The fourth-order valence-corrected chi connectivity index (χ4v) is 3.27. The number of nitrogens with one attached hydrogen (secondary N) is 2. The molecule has 1 unspecified atom stereocenters. The van der Waals surface area contributed by atoms with Crippen LogP contribution in [-0.4, -0.2) is 52.0 Å². The topological polar surface area (TPSA) is 70.2 Å². The summed E-state index contributed by atoms with van der Waals surface area (Å²) in [6.45, 7) is 7.22. The molecule has 2 N–H and O–H groups in total. The van der Waals surface area contributed by atoms with Gasteiger partial charge in [-0.1, -0.05) is 0 Å². The molecule has 1 fully saturated rings. The van der Waals surface area contributed by atoms with Gasteiger partial charge in [0.15, 0.2) is 0 Å². The number of hydrogen-bond donors (Lipinski definition) is 2. The van der Waals surface area contributed by atoms with Crippen LogP contribution in [0.15, 0.2) is 6.20 Å². The van der Waals surface area contributed by atoms with Gasteiger partial charge in [-0.05, 0) is 45.6 Å². The van der Waals surface area contributed by atoms with Crippen molar-refractivity contribution in [2.24, 2.45) is 0 Å². The highest BCUT2D eigenvalue weighted by molar-refractivity contribution is 5.68. The van der Waals surface area contributed by atoms with Crippen LogP contribution < -0.4 is 5.32 Å². The van der Waals surface area contributed by atoms with Crippen LogP contribution in [0.5, 0.6) is 0 Å². The number of fused-ring (bicyclic) bond motifs is 1. The Labute approximate surface area is 131 Å². The molecule has 6 heteroatoms. The summed E-state index contributed by atoms with van der Waals surface area (Å²) >= 11 is 0. The zero-order chi connectivity index (χ0) is 15.7. The first-order valence-electron chi connectivity index (χ1n) is 8.16. The quantitative estimate of drug-likeness (QED) is 0.875. The molecule has 2 atom stereocenters. The molecule has 1 saturated heterocycles. The zero-order valence-electron chi connectivity index (χ0n) is 13.7. The Kier molecular flexibility index (Phi) is 4.12. The molecule has 1 amide bonds. The molecule has 1 aliphatic heterocycles. The van der Waals surface area contributed by atoms with Gasteiger partial charge in [0.2, 0.25) is 0 Å². The molecule has 3 rings (SSSR count). The van der Waals surface area contributed by atoms with Gasteiger partial charge in [0, 0.05) is 37.3 Å². The zero-order valence-corrected chi connectivity index (χ0v) is 13.7. The van der Waals surface area contributed by atoms with Crippen LogP contribution in [0.25, 0.3) is 0 Å². The van der Waals surface area contributed by atoms with E-state index in [1.165, 1.54) is 11.3 Å². The average molecular weight is 306 g/mol. The van der Waals surface area contributed by atoms with Gasteiger partial charge in [-0.15, -0.1) is 0 Å². The fraction of sp³-hybridized carbons (Fsp3) is 0.750. The highest BCUT2D eigenvalue weighted by atomic mass is 16.6. The van der Waals surface area contributed by atoms with Crippen LogP contribution in [0.2, 0.25) is 0 Å². The number of ether oxygens (including phenoxy) is 1. The minimum Gasteiger partial charge on any atom is -0.444 e. The molecule has 1 aromatic rings. The highest BCUT2D eigenvalue weighted by Crippen LogP contribution is 2.21. The summed E-state index contributed by atoms with van der Waals surface area (Å²) in [5.74, 6) is 0. The van der Waals surface area contributed by atoms with E-state index in [4.69, 9.17) is 4.74 Å². The third kappa shape index (κ3) is 3.61. The van der Waals surface area contributed by atoms with Gasteiger partial charge in [0.1, 0.15) is 5.60 Å². The molecule has 1 aromatic heterocycles. The van der Waals surface area contributed by atoms with Crippen LogP contribution >= 0.6 is 0 Å². The largest absolute Gasteiger partial charge is 0.444 e. The number of aromatic nitrogens is 2. The van der Waals surface area contributed by atoms with Crippen LogP contribution in [0.4, 0.5) is 4.79 Å². The smallest absolute Gasteiger partial charge is 0.410 e. The summed E-state index contributed by atoms with van der Waals surface area (Å²) in [5, 5.41) is 10.9. The Morgan fingerprint density at radius 3 is 3.00 bits per heavy atom. The normalized spacial score (nSPS) is 25.1. The number of carbonyl (C=O) groups excluding carboxylic acids is 1. The van der Waals surface area contributed by atoms with Crippen molar-refractivity contribution < 1.29 is 9.53 Å². The van der Waals surface area contributed by atoms with Crippen molar-refractivity contribution in [1.82, 2.24) is 20.4 Å². The number of hydrogen-bond acceptors (Lipinski definition) is 4. The predicted molar refractivity (Wildman–Crippen MR) is 83.7 cm³/mol. The van der Waals surface area contributed by atoms with E-state index in [-0.39, 0.29) is 6.09 Å². The maximum Gasteiger partial charge on any atom is 0.410 e.